The van der Waals surface area contributed by atoms with Crippen LogP contribution >= 0.6 is 11.8 Å². The second-order valence-corrected chi connectivity index (χ2v) is 5.85. The van der Waals surface area contributed by atoms with Gasteiger partial charge in [0.1, 0.15) is 0 Å². The van der Waals surface area contributed by atoms with Crippen molar-refractivity contribution in [2.75, 3.05) is 30.0 Å². The molecule has 0 radical (unpaired) electrons. The Morgan fingerprint density at radius 2 is 2.10 bits per heavy atom. The number of para-hydroxylation sites is 1. The molecule has 6 heteroatoms. The second kappa shape index (κ2) is 6.65. The zero-order valence-corrected chi connectivity index (χ0v) is 12.2. The van der Waals surface area contributed by atoms with Crippen LogP contribution in [0.5, 0.6) is 0 Å². The van der Waals surface area contributed by atoms with Gasteiger partial charge in [0, 0.05) is 30.8 Å². The van der Waals surface area contributed by atoms with Gasteiger partial charge in [0.15, 0.2) is 0 Å². The number of aliphatic carboxylic acids is 1. The standard InChI is InChI=1S/C14H18N2O3S/c1-15(11-5-3-2-4-6-11)14(19)16-7-8-20-10-12(16)9-13(17)18/h2-6,12H,7-10H2,1H3,(H,17,18). The maximum Gasteiger partial charge on any atom is 0.324 e. The lowest BCUT2D eigenvalue weighted by molar-refractivity contribution is -0.137. The Morgan fingerprint density at radius 3 is 2.75 bits per heavy atom. The number of carbonyl (C=O) groups excluding carboxylic acids is 1. The van der Waals surface area contributed by atoms with E-state index in [1.807, 2.05) is 30.3 Å². The fourth-order valence-electron chi connectivity index (χ4n) is 2.23. The van der Waals surface area contributed by atoms with Gasteiger partial charge >= 0.3 is 12.0 Å². The zero-order valence-electron chi connectivity index (χ0n) is 11.4. The molecular weight excluding hydrogens is 276 g/mol. The van der Waals surface area contributed by atoms with Crippen molar-refractivity contribution >= 4 is 29.4 Å². The number of carbonyl (C=O) groups is 2. The summed E-state index contributed by atoms with van der Waals surface area (Å²) in [7, 11) is 1.72. The topological polar surface area (TPSA) is 60.9 Å². The molecule has 0 aliphatic carbocycles. The van der Waals surface area contributed by atoms with E-state index in [4.69, 9.17) is 5.11 Å². The molecule has 1 atom stereocenters. The van der Waals surface area contributed by atoms with E-state index in [-0.39, 0.29) is 18.5 Å². The van der Waals surface area contributed by atoms with Crippen LogP contribution in [0, 0.1) is 0 Å². The Bertz CT molecular complexity index is 481. The first-order valence-corrected chi connectivity index (χ1v) is 7.64. The summed E-state index contributed by atoms with van der Waals surface area (Å²) in [5.41, 5.74) is 0.810. The smallest absolute Gasteiger partial charge is 0.324 e. The number of carboxylic acid groups (broad SMARTS) is 1. The monoisotopic (exact) mass is 294 g/mol. The van der Waals surface area contributed by atoms with Crippen molar-refractivity contribution in [2.45, 2.75) is 12.5 Å². The summed E-state index contributed by atoms with van der Waals surface area (Å²) in [6.07, 6.45) is 0.00136. The maximum absolute atomic E-state index is 12.5. The number of rotatable bonds is 3. The lowest BCUT2D eigenvalue weighted by Gasteiger charge is -2.37. The van der Waals surface area contributed by atoms with Gasteiger partial charge in [-0.3, -0.25) is 9.69 Å². The summed E-state index contributed by atoms with van der Waals surface area (Å²) in [5.74, 6) is 0.670. The molecule has 1 unspecified atom stereocenters. The van der Waals surface area contributed by atoms with Crippen molar-refractivity contribution in [2.24, 2.45) is 0 Å². The highest BCUT2D eigenvalue weighted by Gasteiger charge is 2.30. The molecule has 5 nitrogen and oxygen atoms in total. The highest BCUT2D eigenvalue weighted by molar-refractivity contribution is 7.99. The van der Waals surface area contributed by atoms with Crippen LogP contribution in [0.15, 0.2) is 30.3 Å². The molecule has 0 aromatic heterocycles. The lowest BCUT2D eigenvalue weighted by atomic mass is 10.2. The van der Waals surface area contributed by atoms with Crippen LogP contribution in [-0.4, -0.2) is 53.1 Å². The average molecular weight is 294 g/mol. The zero-order chi connectivity index (χ0) is 14.5. The molecule has 0 saturated carbocycles. The SMILES string of the molecule is CN(C(=O)N1CCSCC1CC(=O)O)c1ccccc1. The molecule has 1 aliphatic heterocycles. The lowest BCUT2D eigenvalue weighted by Crippen LogP contribution is -2.51. The summed E-state index contributed by atoms with van der Waals surface area (Å²) in [6, 6.07) is 9.01. The van der Waals surface area contributed by atoms with Gasteiger partial charge in [-0.1, -0.05) is 18.2 Å². The number of carboxylic acids is 1. The Hall–Kier alpha value is -1.69. The Labute approximate surface area is 122 Å². The molecule has 2 rings (SSSR count). The van der Waals surface area contributed by atoms with Crippen LogP contribution in [0.2, 0.25) is 0 Å². The van der Waals surface area contributed by atoms with Crippen molar-refractivity contribution in [3.63, 3.8) is 0 Å². The van der Waals surface area contributed by atoms with Crippen molar-refractivity contribution in [3.05, 3.63) is 30.3 Å². The number of thioether (sulfide) groups is 1. The number of urea groups is 1. The van der Waals surface area contributed by atoms with Gasteiger partial charge in [0.25, 0.3) is 0 Å². The predicted octanol–water partition coefficient (Wildman–Crippen LogP) is 2.13. The first kappa shape index (κ1) is 14.7. The van der Waals surface area contributed by atoms with Crippen LogP contribution in [0.25, 0.3) is 0 Å². The minimum Gasteiger partial charge on any atom is -0.481 e. The maximum atomic E-state index is 12.5. The molecule has 0 spiro atoms. The third kappa shape index (κ3) is 3.45. The summed E-state index contributed by atoms with van der Waals surface area (Å²) < 4.78 is 0. The Balaban J connectivity index is 2.11. The van der Waals surface area contributed by atoms with E-state index < -0.39 is 5.97 Å². The fourth-order valence-corrected chi connectivity index (χ4v) is 3.29. The normalized spacial score (nSPS) is 18.6. The number of hydrogen-bond acceptors (Lipinski definition) is 3. The first-order chi connectivity index (χ1) is 9.59. The summed E-state index contributed by atoms with van der Waals surface area (Å²) in [4.78, 5) is 26.7. The van der Waals surface area contributed by atoms with E-state index in [1.54, 1.807) is 28.6 Å². The van der Waals surface area contributed by atoms with Gasteiger partial charge in [0.05, 0.1) is 12.5 Å². The van der Waals surface area contributed by atoms with Crippen molar-refractivity contribution in [1.29, 1.82) is 0 Å². The van der Waals surface area contributed by atoms with Crippen LogP contribution in [0.1, 0.15) is 6.42 Å². The molecule has 1 aromatic carbocycles. The Kier molecular flexibility index (Phi) is 4.89. The molecule has 20 heavy (non-hydrogen) atoms. The van der Waals surface area contributed by atoms with E-state index >= 15 is 0 Å². The molecule has 108 valence electrons. The first-order valence-electron chi connectivity index (χ1n) is 6.48. The van der Waals surface area contributed by atoms with Crippen molar-refractivity contribution < 1.29 is 14.7 Å². The summed E-state index contributed by atoms with van der Waals surface area (Å²) in [6.45, 7) is 0.596. The van der Waals surface area contributed by atoms with Gasteiger partial charge in [-0.25, -0.2) is 4.79 Å². The largest absolute Gasteiger partial charge is 0.481 e. The fraction of sp³-hybridized carbons (Fsp3) is 0.429. The highest BCUT2D eigenvalue weighted by atomic mass is 32.2. The van der Waals surface area contributed by atoms with E-state index in [9.17, 15) is 9.59 Å². The molecular formula is C14H18N2O3S. The van der Waals surface area contributed by atoms with E-state index in [2.05, 4.69) is 0 Å². The van der Waals surface area contributed by atoms with Crippen LogP contribution in [0.4, 0.5) is 10.5 Å². The number of anilines is 1. The summed E-state index contributed by atoms with van der Waals surface area (Å²) in [5, 5.41) is 8.96. The molecule has 1 fully saturated rings. The van der Waals surface area contributed by atoms with Gasteiger partial charge in [0.2, 0.25) is 0 Å². The highest BCUT2D eigenvalue weighted by Crippen LogP contribution is 2.22. The molecule has 1 heterocycles. The molecule has 1 aromatic rings. The van der Waals surface area contributed by atoms with Gasteiger partial charge in [-0.05, 0) is 12.1 Å². The predicted molar refractivity (Wildman–Crippen MR) is 80.3 cm³/mol. The number of amides is 2. The molecule has 1 saturated heterocycles. The van der Waals surface area contributed by atoms with Gasteiger partial charge in [-0.15, -0.1) is 0 Å². The molecule has 1 aliphatic rings. The quantitative estimate of drug-likeness (QED) is 0.928. The number of nitrogens with zero attached hydrogens (tertiary/aromatic N) is 2. The number of benzene rings is 1. The van der Waals surface area contributed by atoms with E-state index in [0.29, 0.717) is 12.3 Å². The van der Waals surface area contributed by atoms with Gasteiger partial charge < -0.3 is 10.0 Å². The molecule has 0 bridgehead atoms. The van der Waals surface area contributed by atoms with Gasteiger partial charge in [-0.2, -0.15) is 11.8 Å². The van der Waals surface area contributed by atoms with E-state index in [1.165, 1.54) is 0 Å². The minimum atomic E-state index is -0.863. The number of hydrogen-bond donors (Lipinski definition) is 1. The summed E-state index contributed by atoms with van der Waals surface area (Å²) >= 11 is 1.70. The second-order valence-electron chi connectivity index (χ2n) is 4.70. The third-order valence-electron chi connectivity index (χ3n) is 3.31. The van der Waals surface area contributed by atoms with Crippen molar-refractivity contribution in [3.8, 4) is 0 Å². The average Bonchev–Trinajstić information content (AvgIpc) is 2.46. The van der Waals surface area contributed by atoms with E-state index in [0.717, 1.165) is 11.4 Å². The third-order valence-corrected chi connectivity index (χ3v) is 4.41. The molecule has 1 N–H and O–H groups in total. The Morgan fingerprint density at radius 1 is 1.40 bits per heavy atom. The minimum absolute atomic E-state index is 0.00136. The molecule has 2 amide bonds. The van der Waals surface area contributed by atoms with Crippen molar-refractivity contribution in [1.82, 2.24) is 4.90 Å². The van der Waals surface area contributed by atoms with Crippen LogP contribution in [-0.2, 0) is 4.79 Å². The van der Waals surface area contributed by atoms with Crippen LogP contribution in [0.3, 0.4) is 0 Å². The van der Waals surface area contributed by atoms with Crippen LogP contribution < -0.4 is 4.90 Å².